The number of hydrogen-bond acceptors (Lipinski definition) is 4. The van der Waals surface area contributed by atoms with Gasteiger partial charge in [-0.05, 0) is 25.5 Å². The normalized spacial score (nSPS) is 11.4. The zero-order chi connectivity index (χ0) is 16.7. The van der Waals surface area contributed by atoms with Gasteiger partial charge < -0.3 is 16.0 Å². The van der Waals surface area contributed by atoms with Gasteiger partial charge in [-0.1, -0.05) is 18.5 Å². The fraction of sp³-hybridized carbons (Fsp3) is 0.385. The molecule has 8 nitrogen and oxygen atoms in total. The van der Waals surface area contributed by atoms with Crippen LogP contribution in [0, 0.1) is 10.1 Å². The van der Waals surface area contributed by atoms with Crippen LogP contribution in [-0.4, -0.2) is 29.4 Å². The van der Waals surface area contributed by atoms with Crippen molar-refractivity contribution in [3.63, 3.8) is 0 Å². The summed E-state index contributed by atoms with van der Waals surface area (Å²) in [5.74, 6) is -0.293. The van der Waals surface area contributed by atoms with Gasteiger partial charge in [0.05, 0.1) is 4.92 Å². The molecule has 0 bridgehead atoms. The van der Waals surface area contributed by atoms with E-state index in [1.807, 2.05) is 6.92 Å². The minimum absolute atomic E-state index is 0.0865. The molecule has 0 fully saturated rings. The molecule has 1 atom stereocenters. The number of benzene rings is 1. The Morgan fingerprint density at radius 3 is 2.64 bits per heavy atom. The third-order valence-corrected chi connectivity index (χ3v) is 3.00. The van der Waals surface area contributed by atoms with Crippen molar-refractivity contribution in [1.82, 2.24) is 10.6 Å². The van der Waals surface area contributed by atoms with E-state index in [2.05, 4.69) is 16.0 Å². The van der Waals surface area contributed by atoms with Gasteiger partial charge in [0.2, 0.25) is 5.91 Å². The Labute approximate surface area is 132 Å². The molecule has 0 unspecified atom stereocenters. The zero-order valence-electron chi connectivity index (χ0n) is 12.2. The van der Waals surface area contributed by atoms with Crippen molar-refractivity contribution in [2.75, 3.05) is 11.9 Å². The lowest BCUT2D eigenvalue weighted by molar-refractivity contribution is -0.384. The first-order valence-electron chi connectivity index (χ1n) is 6.64. The van der Waals surface area contributed by atoms with Crippen molar-refractivity contribution < 1.29 is 14.5 Å². The summed E-state index contributed by atoms with van der Waals surface area (Å²) in [5, 5.41) is 18.1. The highest BCUT2D eigenvalue weighted by Gasteiger charge is 2.16. The zero-order valence-corrected chi connectivity index (χ0v) is 12.9. The number of rotatable bonds is 6. The van der Waals surface area contributed by atoms with Crippen LogP contribution < -0.4 is 16.0 Å². The van der Waals surface area contributed by atoms with Crippen molar-refractivity contribution >= 4 is 34.9 Å². The molecule has 120 valence electrons. The monoisotopic (exact) mass is 328 g/mol. The highest BCUT2D eigenvalue weighted by atomic mass is 35.5. The number of nitrogens with one attached hydrogen (secondary N) is 3. The predicted octanol–water partition coefficient (Wildman–Crippen LogP) is 2.28. The van der Waals surface area contributed by atoms with E-state index in [1.54, 1.807) is 6.92 Å². The predicted molar refractivity (Wildman–Crippen MR) is 83.0 cm³/mol. The van der Waals surface area contributed by atoms with Crippen LogP contribution in [0.2, 0.25) is 5.02 Å². The van der Waals surface area contributed by atoms with Crippen molar-refractivity contribution in [3.05, 3.63) is 33.3 Å². The molecule has 3 amide bonds. The Kier molecular flexibility index (Phi) is 6.58. The largest absolute Gasteiger partial charge is 0.354 e. The third-order valence-electron chi connectivity index (χ3n) is 2.69. The van der Waals surface area contributed by atoms with E-state index in [1.165, 1.54) is 18.2 Å². The Bertz CT molecular complexity index is 579. The summed E-state index contributed by atoms with van der Waals surface area (Å²) in [5.41, 5.74) is 0.0363. The highest BCUT2D eigenvalue weighted by Crippen LogP contribution is 2.27. The molecular formula is C13H17ClN4O4. The summed E-state index contributed by atoms with van der Waals surface area (Å²) in [6, 6.07) is 2.49. The Morgan fingerprint density at radius 2 is 2.09 bits per heavy atom. The highest BCUT2D eigenvalue weighted by molar-refractivity contribution is 6.33. The van der Waals surface area contributed by atoms with E-state index in [0.717, 1.165) is 6.42 Å². The molecule has 1 rings (SSSR count). The number of amides is 3. The summed E-state index contributed by atoms with van der Waals surface area (Å²) in [7, 11) is 0. The maximum absolute atomic E-state index is 11.8. The molecule has 0 saturated carbocycles. The number of nitro groups is 1. The maximum atomic E-state index is 11.8. The van der Waals surface area contributed by atoms with Crippen molar-refractivity contribution in [2.24, 2.45) is 0 Å². The minimum atomic E-state index is -0.708. The summed E-state index contributed by atoms with van der Waals surface area (Å²) in [6.45, 7) is 4.00. The second-order valence-electron chi connectivity index (χ2n) is 4.53. The van der Waals surface area contributed by atoms with E-state index in [0.29, 0.717) is 6.54 Å². The quantitative estimate of drug-likeness (QED) is 0.549. The van der Waals surface area contributed by atoms with Crippen LogP contribution in [0.4, 0.5) is 16.2 Å². The summed E-state index contributed by atoms with van der Waals surface area (Å²) >= 11 is 5.74. The van der Waals surface area contributed by atoms with Crippen LogP contribution in [0.15, 0.2) is 18.2 Å². The molecule has 0 aliphatic carbocycles. The number of urea groups is 1. The molecule has 0 heterocycles. The molecule has 0 aliphatic heterocycles. The second kappa shape index (κ2) is 8.18. The molecule has 1 aromatic rings. The van der Waals surface area contributed by atoms with Crippen LogP contribution in [0.3, 0.4) is 0 Å². The summed E-state index contributed by atoms with van der Waals surface area (Å²) in [6.07, 6.45) is 0.798. The van der Waals surface area contributed by atoms with Crippen molar-refractivity contribution in [1.29, 1.82) is 0 Å². The van der Waals surface area contributed by atoms with Crippen LogP contribution in [0.25, 0.3) is 0 Å². The van der Waals surface area contributed by atoms with Gasteiger partial charge in [-0.2, -0.15) is 0 Å². The van der Waals surface area contributed by atoms with Gasteiger partial charge >= 0.3 is 6.03 Å². The number of carbonyl (C=O) groups excluding carboxylic acids is 2. The molecule has 0 radical (unpaired) electrons. The Morgan fingerprint density at radius 1 is 1.41 bits per heavy atom. The molecule has 22 heavy (non-hydrogen) atoms. The number of hydrogen-bond donors (Lipinski definition) is 3. The first-order chi connectivity index (χ1) is 10.3. The van der Waals surface area contributed by atoms with E-state index in [9.17, 15) is 19.7 Å². The van der Waals surface area contributed by atoms with E-state index in [4.69, 9.17) is 11.6 Å². The lowest BCUT2D eigenvalue weighted by Gasteiger charge is -2.14. The number of anilines is 1. The number of nitrogens with zero attached hydrogens (tertiary/aromatic N) is 1. The van der Waals surface area contributed by atoms with Gasteiger partial charge in [-0.15, -0.1) is 0 Å². The molecule has 9 heteroatoms. The lowest BCUT2D eigenvalue weighted by atomic mass is 10.3. The van der Waals surface area contributed by atoms with Crippen molar-refractivity contribution in [2.45, 2.75) is 26.3 Å². The topological polar surface area (TPSA) is 113 Å². The van der Waals surface area contributed by atoms with Crippen LogP contribution in [0.1, 0.15) is 20.3 Å². The van der Waals surface area contributed by atoms with Crippen molar-refractivity contribution in [3.8, 4) is 0 Å². The fourth-order valence-electron chi connectivity index (χ4n) is 1.56. The van der Waals surface area contributed by atoms with Gasteiger partial charge in [0.15, 0.2) is 0 Å². The first kappa shape index (κ1) is 17.7. The standard InChI is InChI=1S/C13H17ClN4O4/c1-3-6-15-12(19)8(2)16-13(20)17-9-4-5-11(18(21)22)10(14)7-9/h4-5,7-8H,3,6H2,1-2H3,(H,15,19)(H2,16,17,20)/t8-/m1/s1. The maximum Gasteiger partial charge on any atom is 0.319 e. The van der Waals surface area contributed by atoms with E-state index in [-0.39, 0.29) is 22.3 Å². The molecular weight excluding hydrogens is 312 g/mol. The van der Waals surface area contributed by atoms with Gasteiger partial charge in [0.1, 0.15) is 11.1 Å². The number of nitro benzene ring substituents is 1. The average Bonchev–Trinajstić information content (AvgIpc) is 2.44. The van der Waals surface area contributed by atoms with Gasteiger partial charge in [0, 0.05) is 18.3 Å². The Balaban J connectivity index is 2.60. The smallest absolute Gasteiger partial charge is 0.319 e. The van der Waals surface area contributed by atoms with Gasteiger partial charge in [-0.25, -0.2) is 4.79 Å². The molecule has 0 aromatic heterocycles. The molecule has 0 aliphatic rings. The van der Waals surface area contributed by atoms with Crippen LogP contribution >= 0.6 is 11.6 Å². The van der Waals surface area contributed by atoms with E-state index >= 15 is 0 Å². The van der Waals surface area contributed by atoms with Gasteiger partial charge in [0.25, 0.3) is 5.69 Å². The van der Waals surface area contributed by atoms with Gasteiger partial charge in [-0.3, -0.25) is 14.9 Å². The Hall–Kier alpha value is -2.35. The molecule has 0 spiro atoms. The fourth-order valence-corrected chi connectivity index (χ4v) is 1.81. The lowest BCUT2D eigenvalue weighted by Crippen LogP contribution is -2.46. The number of halogens is 1. The average molecular weight is 329 g/mol. The van der Waals surface area contributed by atoms with Crippen LogP contribution in [0.5, 0.6) is 0 Å². The first-order valence-corrected chi connectivity index (χ1v) is 7.02. The number of carbonyl (C=O) groups is 2. The SMILES string of the molecule is CCCNC(=O)[C@@H](C)NC(=O)Nc1ccc([N+](=O)[O-])c(Cl)c1. The van der Waals surface area contributed by atoms with Crippen LogP contribution in [-0.2, 0) is 4.79 Å². The minimum Gasteiger partial charge on any atom is -0.354 e. The summed E-state index contributed by atoms with van der Waals surface area (Å²) in [4.78, 5) is 33.4. The molecule has 0 saturated heterocycles. The van der Waals surface area contributed by atoms with E-state index < -0.39 is 17.0 Å². The summed E-state index contributed by atoms with van der Waals surface area (Å²) < 4.78 is 0. The molecule has 1 aromatic carbocycles. The second-order valence-corrected chi connectivity index (χ2v) is 4.94. The third kappa shape index (κ3) is 5.21. The molecule has 3 N–H and O–H groups in total.